The van der Waals surface area contributed by atoms with Crippen LogP contribution in [0.1, 0.15) is 25.3 Å². The summed E-state index contributed by atoms with van der Waals surface area (Å²) in [5.74, 6) is -1.67. The number of carboxylic acids is 1. The fraction of sp³-hybridized carbons (Fsp3) is 0.385. The fourth-order valence-electron chi connectivity index (χ4n) is 1.57. The Morgan fingerprint density at radius 3 is 2.72 bits per heavy atom. The Bertz CT molecular complexity index is 431. The first-order valence-corrected chi connectivity index (χ1v) is 5.79. The van der Waals surface area contributed by atoms with Crippen molar-refractivity contribution in [2.24, 2.45) is 0 Å². The van der Waals surface area contributed by atoms with Crippen LogP contribution in [-0.4, -0.2) is 23.1 Å². The highest BCUT2D eigenvalue weighted by atomic mass is 16.6. The molecule has 1 aromatic carbocycles. The molecule has 0 aromatic heterocycles. The normalized spacial score (nSPS) is 11.8. The van der Waals surface area contributed by atoms with Gasteiger partial charge in [-0.3, -0.25) is 4.79 Å². The van der Waals surface area contributed by atoms with E-state index >= 15 is 0 Å². The lowest BCUT2D eigenvalue weighted by Crippen LogP contribution is -2.27. The lowest BCUT2D eigenvalue weighted by atomic mass is 10.1. The summed E-state index contributed by atoms with van der Waals surface area (Å²) >= 11 is 0. The van der Waals surface area contributed by atoms with E-state index in [-0.39, 0.29) is 6.42 Å². The van der Waals surface area contributed by atoms with Gasteiger partial charge in [0.25, 0.3) is 0 Å². The van der Waals surface area contributed by atoms with E-state index in [0.29, 0.717) is 24.1 Å². The quantitative estimate of drug-likeness (QED) is 0.592. The number of ether oxygens (including phenoxy) is 1. The number of carbonyl (C=O) groups excluding carboxylic acids is 1. The predicted molar refractivity (Wildman–Crippen MR) is 67.0 cm³/mol. The number of aliphatic carboxylic acids is 1. The van der Waals surface area contributed by atoms with Crippen molar-refractivity contribution in [2.75, 3.05) is 5.73 Å². The Hall–Kier alpha value is -2.04. The molecule has 0 aliphatic carbocycles. The van der Waals surface area contributed by atoms with Crippen LogP contribution in [0, 0.1) is 0 Å². The highest BCUT2D eigenvalue weighted by Crippen LogP contribution is 2.10. The summed E-state index contributed by atoms with van der Waals surface area (Å²) in [7, 11) is 0. The molecule has 0 bridgehead atoms. The predicted octanol–water partition coefficient (Wildman–Crippen LogP) is 1.61. The molecule has 0 aliphatic heterocycles. The number of carbonyl (C=O) groups is 2. The third-order valence-electron chi connectivity index (χ3n) is 2.40. The van der Waals surface area contributed by atoms with E-state index in [1.807, 2.05) is 6.92 Å². The third-order valence-corrected chi connectivity index (χ3v) is 2.40. The zero-order chi connectivity index (χ0) is 13.5. The molecule has 98 valence electrons. The smallest absolute Gasteiger partial charge is 0.345 e. The van der Waals surface area contributed by atoms with E-state index in [4.69, 9.17) is 15.6 Å². The van der Waals surface area contributed by atoms with Crippen molar-refractivity contribution in [1.82, 2.24) is 0 Å². The summed E-state index contributed by atoms with van der Waals surface area (Å²) in [5.41, 5.74) is 6.85. The second kappa shape index (κ2) is 6.64. The van der Waals surface area contributed by atoms with Gasteiger partial charge in [0, 0.05) is 5.69 Å². The Kier molecular flexibility index (Phi) is 5.17. The molecule has 3 N–H and O–H groups in total. The summed E-state index contributed by atoms with van der Waals surface area (Å²) < 4.78 is 4.92. The van der Waals surface area contributed by atoms with Gasteiger partial charge in [0.05, 0.1) is 6.42 Å². The van der Waals surface area contributed by atoms with E-state index in [1.165, 1.54) is 0 Å². The van der Waals surface area contributed by atoms with Gasteiger partial charge in [0.2, 0.25) is 0 Å². The van der Waals surface area contributed by atoms with Gasteiger partial charge in [-0.05, 0) is 24.1 Å². The molecule has 0 saturated heterocycles. The highest BCUT2D eigenvalue weighted by Gasteiger charge is 2.21. The second-order valence-electron chi connectivity index (χ2n) is 4.03. The lowest BCUT2D eigenvalue weighted by Gasteiger charge is -2.12. The van der Waals surface area contributed by atoms with Crippen molar-refractivity contribution in [3.8, 4) is 0 Å². The molecule has 18 heavy (non-hydrogen) atoms. The maximum atomic E-state index is 11.6. The van der Waals surface area contributed by atoms with E-state index in [1.54, 1.807) is 24.3 Å². The number of nitrogen functional groups attached to an aromatic ring is 1. The number of esters is 1. The Morgan fingerprint density at radius 1 is 1.44 bits per heavy atom. The molecule has 1 rings (SSSR count). The number of hydrogen-bond donors (Lipinski definition) is 2. The summed E-state index contributed by atoms with van der Waals surface area (Å²) in [4.78, 5) is 22.4. The van der Waals surface area contributed by atoms with Gasteiger partial charge in [0.1, 0.15) is 0 Å². The molecule has 5 nitrogen and oxygen atoms in total. The first-order chi connectivity index (χ1) is 8.52. The van der Waals surface area contributed by atoms with Crippen LogP contribution in [-0.2, 0) is 20.7 Å². The molecule has 0 radical (unpaired) electrons. The SMILES string of the molecule is CCCC(OC(=O)Cc1cccc(N)c1)C(=O)O. The van der Waals surface area contributed by atoms with Crippen LogP contribution in [0.2, 0.25) is 0 Å². The van der Waals surface area contributed by atoms with E-state index in [2.05, 4.69) is 0 Å². The molecule has 1 unspecified atom stereocenters. The average Bonchev–Trinajstić information content (AvgIpc) is 2.28. The molecule has 0 spiro atoms. The second-order valence-corrected chi connectivity index (χ2v) is 4.03. The van der Waals surface area contributed by atoms with Crippen LogP contribution >= 0.6 is 0 Å². The molecule has 5 heteroatoms. The van der Waals surface area contributed by atoms with Crippen LogP contribution in [0.3, 0.4) is 0 Å². The van der Waals surface area contributed by atoms with Crippen molar-refractivity contribution in [1.29, 1.82) is 0 Å². The van der Waals surface area contributed by atoms with Crippen molar-refractivity contribution < 1.29 is 19.4 Å². The fourth-order valence-corrected chi connectivity index (χ4v) is 1.57. The minimum Gasteiger partial charge on any atom is -0.479 e. The number of benzene rings is 1. The molecule has 0 amide bonds. The number of carboxylic acid groups (broad SMARTS) is 1. The Labute approximate surface area is 106 Å². The lowest BCUT2D eigenvalue weighted by molar-refractivity contribution is -0.164. The standard InChI is InChI=1S/C13H17NO4/c1-2-4-11(13(16)17)18-12(15)8-9-5-3-6-10(14)7-9/h3,5-7,11H,2,4,8,14H2,1H3,(H,16,17). The maximum absolute atomic E-state index is 11.6. The maximum Gasteiger partial charge on any atom is 0.345 e. The number of nitrogens with two attached hydrogens (primary N) is 1. The first kappa shape index (κ1) is 14.0. The molecule has 0 heterocycles. The van der Waals surface area contributed by atoms with Crippen LogP contribution < -0.4 is 5.73 Å². The van der Waals surface area contributed by atoms with Crippen LogP contribution in [0.5, 0.6) is 0 Å². The molecule has 0 saturated carbocycles. The van der Waals surface area contributed by atoms with Gasteiger partial charge >= 0.3 is 11.9 Å². The van der Waals surface area contributed by atoms with Gasteiger partial charge in [-0.2, -0.15) is 0 Å². The van der Waals surface area contributed by atoms with E-state index < -0.39 is 18.0 Å². The van der Waals surface area contributed by atoms with Gasteiger partial charge in [-0.1, -0.05) is 25.5 Å². The van der Waals surface area contributed by atoms with Crippen molar-refractivity contribution in [3.05, 3.63) is 29.8 Å². The topological polar surface area (TPSA) is 89.6 Å². The van der Waals surface area contributed by atoms with Crippen LogP contribution in [0.25, 0.3) is 0 Å². The summed E-state index contributed by atoms with van der Waals surface area (Å²) in [5, 5.41) is 8.87. The number of hydrogen-bond acceptors (Lipinski definition) is 4. The zero-order valence-electron chi connectivity index (χ0n) is 10.3. The zero-order valence-corrected chi connectivity index (χ0v) is 10.3. The number of rotatable bonds is 6. The van der Waals surface area contributed by atoms with Crippen molar-refractivity contribution in [2.45, 2.75) is 32.3 Å². The van der Waals surface area contributed by atoms with Crippen LogP contribution in [0.15, 0.2) is 24.3 Å². The summed E-state index contributed by atoms with van der Waals surface area (Å²) in [6.07, 6.45) is -0.0810. The van der Waals surface area contributed by atoms with Gasteiger partial charge in [-0.15, -0.1) is 0 Å². The molecule has 0 fully saturated rings. The Balaban J connectivity index is 2.57. The monoisotopic (exact) mass is 251 g/mol. The average molecular weight is 251 g/mol. The molecular formula is C13H17NO4. The van der Waals surface area contributed by atoms with E-state index in [9.17, 15) is 9.59 Å². The van der Waals surface area contributed by atoms with Gasteiger partial charge in [0.15, 0.2) is 6.10 Å². The molecular weight excluding hydrogens is 234 g/mol. The minimum atomic E-state index is -1.11. The van der Waals surface area contributed by atoms with Gasteiger partial charge in [-0.25, -0.2) is 4.79 Å². The molecule has 1 aromatic rings. The minimum absolute atomic E-state index is 0.0263. The number of anilines is 1. The van der Waals surface area contributed by atoms with Crippen LogP contribution in [0.4, 0.5) is 5.69 Å². The summed E-state index contributed by atoms with van der Waals surface area (Å²) in [6.45, 7) is 1.83. The molecule has 0 aliphatic rings. The van der Waals surface area contributed by atoms with Crippen molar-refractivity contribution in [3.63, 3.8) is 0 Å². The Morgan fingerprint density at radius 2 is 2.17 bits per heavy atom. The van der Waals surface area contributed by atoms with Crippen molar-refractivity contribution >= 4 is 17.6 Å². The van der Waals surface area contributed by atoms with Gasteiger partial charge < -0.3 is 15.6 Å². The first-order valence-electron chi connectivity index (χ1n) is 5.79. The molecule has 1 atom stereocenters. The van der Waals surface area contributed by atoms with E-state index in [0.717, 1.165) is 0 Å². The highest BCUT2D eigenvalue weighted by molar-refractivity contribution is 5.79. The largest absolute Gasteiger partial charge is 0.479 e. The third kappa shape index (κ3) is 4.45. The summed E-state index contributed by atoms with van der Waals surface area (Å²) in [6, 6.07) is 6.86.